The molecule has 25 heavy (non-hydrogen) atoms. The SMILES string of the molecule is CC(C)Cn1nc2n(c1=O)CC1CCC(C2)N1C(=O)c1ccccc1. The largest absolute Gasteiger partial charge is 0.345 e. The maximum Gasteiger partial charge on any atom is 0.345 e. The lowest BCUT2D eigenvalue weighted by Gasteiger charge is -2.28. The number of carbonyl (C=O) groups is 1. The Morgan fingerprint density at radius 1 is 1.20 bits per heavy atom. The van der Waals surface area contributed by atoms with E-state index in [0.29, 0.717) is 25.4 Å². The molecule has 6 nitrogen and oxygen atoms in total. The Hall–Kier alpha value is -2.37. The van der Waals surface area contributed by atoms with Crippen molar-refractivity contribution in [2.45, 2.75) is 58.3 Å². The molecule has 0 spiro atoms. The minimum atomic E-state index is -0.0386. The predicted octanol–water partition coefficient (Wildman–Crippen LogP) is 1.93. The quantitative estimate of drug-likeness (QED) is 0.858. The molecular weight excluding hydrogens is 316 g/mol. The number of fused-ring (bicyclic) bond motifs is 3. The lowest BCUT2D eigenvalue weighted by atomic mass is 10.1. The van der Waals surface area contributed by atoms with Crippen LogP contribution in [0.15, 0.2) is 35.1 Å². The lowest BCUT2D eigenvalue weighted by molar-refractivity contribution is 0.0664. The summed E-state index contributed by atoms with van der Waals surface area (Å²) in [4.78, 5) is 27.7. The zero-order chi connectivity index (χ0) is 17.6. The van der Waals surface area contributed by atoms with E-state index in [-0.39, 0.29) is 23.7 Å². The summed E-state index contributed by atoms with van der Waals surface area (Å²) in [6.45, 7) is 5.37. The second-order valence-corrected chi connectivity index (χ2v) is 7.55. The van der Waals surface area contributed by atoms with Gasteiger partial charge in [-0.25, -0.2) is 9.48 Å². The van der Waals surface area contributed by atoms with E-state index in [1.165, 1.54) is 0 Å². The van der Waals surface area contributed by atoms with Crippen molar-refractivity contribution in [2.24, 2.45) is 5.92 Å². The van der Waals surface area contributed by atoms with E-state index in [1.54, 1.807) is 9.25 Å². The summed E-state index contributed by atoms with van der Waals surface area (Å²) in [7, 11) is 0. The molecule has 0 N–H and O–H groups in total. The fraction of sp³-hybridized carbons (Fsp3) is 0.526. The molecule has 132 valence electrons. The standard InChI is InChI=1S/C19H24N4O2/c1-13(2)11-22-19(25)21-12-16-9-8-15(10-17(21)20-22)23(16)18(24)14-6-4-3-5-7-14/h3-7,13,15-16H,8-12H2,1-2H3. The van der Waals surface area contributed by atoms with E-state index in [0.717, 1.165) is 24.2 Å². The summed E-state index contributed by atoms with van der Waals surface area (Å²) >= 11 is 0. The highest BCUT2D eigenvalue weighted by molar-refractivity contribution is 5.94. The Morgan fingerprint density at radius 2 is 1.92 bits per heavy atom. The molecule has 0 radical (unpaired) electrons. The van der Waals surface area contributed by atoms with Crippen LogP contribution in [0, 0.1) is 5.92 Å². The Morgan fingerprint density at radius 3 is 2.64 bits per heavy atom. The molecule has 1 amide bonds. The van der Waals surface area contributed by atoms with Gasteiger partial charge in [0.2, 0.25) is 0 Å². The highest BCUT2D eigenvalue weighted by Crippen LogP contribution is 2.31. The number of nitrogens with zero attached hydrogens (tertiary/aromatic N) is 4. The summed E-state index contributed by atoms with van der Waals surface area (Å²) in [5.74, 6) is 1.27. The normalized spacial score (nSPS) is 22.1. The van der Waals surface area contributed by atoms with Gasteiger partial charge in [-0.3, -0.25) is 9.36 Å². The van der Waals surface area contributed by atoms with Crippen molar-refractivity contribution >= 4 is 5.91 Å². The second kappa shape index (κ2) is 6.17. The van der Waals surface area contributed by atoms with Gasteiger partial charge >= 0.3 is 5.69 Å². The highest BCUT2D eigenvalue weighted by Gasteiger charge is 2.41. The maximum atomic E-state index is 13.0. The molecule has 0 saturated carbocycles. The monoisotopic (exact) mass is 340 g/mol. The molecule has 1 fully saturated rings. The molecule has 2 atom stereocenters. The molecule has 2 aliphatic heterocycles. The number of amides is 1. The minimum Gasteiger partial charge on any atom is -0.330 e. The Kier molecular flexibility index (Phi) is 3.98. The van der Waals surface area contributed by atoms with Crippen LogP contribution in [0.1, 0.15) is 42.9 Å². The van der Waals surface area contributed by atoms with Crippen molar-refractivity contribution in [3.63, 3.8) is 0 Å². The molecule has 6 heteroatoms. The Bertz CT molecular complexity index is 837. The number of hydrogen-bond donors (Lipinski definition) is 0. The average Bonchev–Trinajstić information content (AvgIpc) is 3.04. The summed E-state index contributed by atoms with van der Waals surface area (Å²) in [5, 5.41) is 4.56. The predicted molar refractivity (Wildman–Crippen MR) is 94.5 cm³/mol. The Balaban J connectivity index is 1.64. The zero-order valence-corrected chi connectivity index (χ0v) is 14.8. The van der Waals surface area contributed by atoms with Crippen LogP contribution in [0.5, 0.6) is 0 Å². The van der Waals surface area contributed by atoms with Crippen molar-refractivity contribution < 1.29 is 4.79 Å². The van der Waals surface area contributed by atoms with Crippen LogP contribution >= 0.6 is 0 Å². The van der Waals surface area contributed by atoms with Crippen molar-refractivity contribution in [3.05, 3.63) is 52.2 Å². The van der Waals surface area contributed by atoms with Gasteiger partial charge in [0.15, 0.2) is 0 Å². The van der Waals surface area contributed by atoms with Gasteiger partial charge in [-0.05, 0) is 30.9 Å². The van der Waals surface area contributed by atoms with E-state index in [4.69, 9.17) is 0 Å². The number of carbonyl (C=O) groups excluding carboxylic acids is 1. The number of benzene rings is 1. The molecule has 3 heterocycles. The van der Waals surface area contributed by atoms with Gasteiger partial charge in [-0.1, -0.05) is 32.0 Å². The van der Waals surface area contributed by atoms with Gasteiger partial charge in [0.05, 0.1) is 6.04 Å². The van der Waals surface area contributed by atoms with Gasteiger partial charge in [-0.15, -0.1) is 0 Å². The Labute approximate surface area is 147 Å². The lowest BCUT2D eigenvalue weighted by Crippen LogP contribution is -2.43. The van der Waals surface area contributed by atoms with Crippen LogP contribution < -0.4 is 5.69 Å². The molecule has 1 aromatic carbocycles. The number of aromatic nitrogens is 3. The number of rotatable bonds is 3. The molecular formula is C19H24N4O2. The summed E-state index contributed by atoms with van der Waals surface area (Å²) in [6.07, 6.45) is 2.59. The highest BCUT2D eigenvalue weighted by atomic mass is 16.2. The summed E-state index contributed by atoms with van der Waals surface area (Å²) < 4.78 is 3.38. The first kappa shape index (κ1) is 16.1. The van der Waals surface area contributed by atoms with Crippen LogP contribution in [0.3, 0.4) is 0 Å². The number of hydrogen-bond acceptors (Lipinski definition) is 3. The first-order chi connectivity index (χ1) is 12.0. The van der Waals surface area contributed by atoms with Gasteiger partial charge in [0.25, 0.3) is 5.91 Å². The molecule has 1 aromatic heterocycles. The van der Waals surface area contributed by atoms with Crippen LogP contribution in [-0.4, -0.2) is 37.2 Å². The fourth-order valence-electron chi connectivity index (χ4n) is 4.11. The van der Waals surface area contributed by atoms with E-state index < -0.39 is 0 Å². The van der Waals surface area contributed by atoms with Crippen LogP contribution in [0.4, 0.5) is 0 Å². The third-order valence-corrected chi connectivity index (χ3v) is 5.22. The molecule has 2 aromatic rings. The first-order valence-corrected chi connectivity index (χ1v) is 9.09. The van der Waals surface area contributed by atoms with Gasteiger partial charge in [-0.2, -0.15) is 5.10 Å². The fourth-order valence-corrected chi connectivity index (χ4v) is 4.11. The summed E-state index contributed by atoms with van der Waals surface area (Å²) in [6, 6.07) is 9.63. The third kappa shape index (κ3) is 2.79. The van der Waals surface area contributed by atoms with Crippen molar-refractivity contribution in [1.29, 1.82) is 0 Å². The van der Waals surface area contributed by atoms with E-state index in [9.17, 15) is 9.59 Å². The molecule has 2 bridgehead atoms. The molecule has 1 saturated heterocycles. The van der Waals surface area contributed by atoms with Gasteiger partial charge < -0.3 is 4.90 Å². The van der Waals surface area contributed by atoms with Gasteiger partial charge in [0.1, 0.15) is 5.82 Å². The smallest absolute Gasteiger partial charge is 0.330 e. The van der Waals surface area contributed by atoms with E-state index in [2.05, 4.69) is 18.9 Å². The molecule has 2 aliphatic rings. The van der Waals surface area contributed by atoms with E-state index in [1.807, 2.05) is 35.2 Å². The molecule has 2 unspecified atom stereocenters. The minimum absolute atomic E-state index is 0.0386. The van der Waals surface area contributed by atoms with Crippen LogP contribution in [0.2, 0.25) is 0 Å². The topological polar surface area (TPSA) is 60.1 Å². The molecule has 4 rings (SSSR count). The van der Waals surface area contributed by atoms with E-state index >= 15 is 0 Å². The van der Waals surface area contributed by atoms with Crippen molar-refractivity contribution in [1.82, 2.24) is 19.2 Å². The first-order valence-electron chi connectivity index (χ1n) is 9.09. The average molecular weight is 340 g/mol. The maximum absolute atomic E-state index is 13.0. The molecule has 0 aliphatic carbocycles. The van der Waals surface area contributed by atoms with Gasteiger partial charge in [0, 0.05) is 31.1 Å². The summed E-state index contributed by atoms with van der Waals surface area (Å²) in [5.41, 5.74) is 0.680. The van der Waals surface area contributed by atoms with Crippen molar-refractivity contribution in [3.8, 4) is 0 Å². The van der Waals surface area contributed by atoms with Crippen molar-refractivity contribution in [2.75, 3.05) is 0 Å². The second-order valence-electron chi connectivity index (χ2n) is 7.55. The van der Waals surface area contributed by atoms with Crippen LogP contribution in [0.25, 0.3) is 0 Å². The zero-order valence-electron chi connectivity index (χ0n) is 14.8. The van der Waals surface area contributed by atoms with Crippen LogP contribution in [-0.2, 0) is 19.5 Å². The third-order valence-electron chi connectivity index (χ3n) is 5.22.